The van der Waals surface area contributed by atoms with Gasteiger partial charge in [-0.1, -0.05) is 6.07 Å². The van der Waals surface area contributed by atoms with Gasteiger partial charge in [-0.2, -0.15) is 13.2 Å². The zero-order valence-corrected chi connectivity index (χ0v) is 17.8. The average molecular weight is 441 g/mol. The van der Waals surface area contributed by atoms with Crippen LogP contribution in [-0.2, 0) is 15.7 Å². The number of alkyl halides is 3. The Kier molecular flexibility index (Phi) is 7.94. The number of halogens is 3. The molecule has 1 N–H and O–H groups in total. The number of piperidine rings is 1. The van der Waals surface area contributed by atoms with Crippen LogP contribution in [0.25, 0.3) is 0 Å². The van der Waals surface area contributed by atoms with Crippen LogP contribution in [0.4, 0.5) is 13.2 Å². The summed E-state index contributed by atoms with van der Waals surface area (Å²) in [5, 5.41) is 2.83. The molecule has 2 heterocycles. The molecule has 172 valence electrons. The topological polar surface area (TPSA) is 61.9 Å². The highest BCUT2D eigenvalue weighted by atomic mass is 19.4. The molecule has 2 aliphatic heterocycles. The summed E-state index contributed by atoms with van der Waals surface area (Å²) in [5.74, 6) is -0.327. The van der Waals surface area contributed by atoms with Gasteiger partial charge in [0.1, 0.15) is 0 Å². The van der Waals surface area contributed by atoms with Crippen molar-refractivity contribution in [3.63, 3.8) is 0 Å². The first-order valence-electron chi connectivity index (χ1n) is 10.8. The van der Waals surface area contributed by atoms with Crippen molar-refractivity contribution >= 4 is 11.8 Å². The summed E-state index contributed by atoms with van der Waals surface area (Å²) >= 11 is 0. The van der Waals surface area contributed by atoms with E-state index in [1.54, 1.807) is 7.11 Å². The number of ether oxygens (including phenoxy) is 1. The van der Waals surface area contributed by atoms with E-state index in [9.17, 15) is 22.8 Å². The van der Waals surface area contributed by atoms with Crippen LogP contribution in [-0.4, -0.2) is 73.6 Å². The van der Waals surface area contributed by atoms with E-state index in [0.29, 0.717) is 19.4 Å². The number of hydrogen-bond donors (Lipinski definition) is 1. The molecule has 0 spiro atoms. The van der Waals surface area contributed by atoms with Crippen molar-refractivity contribution in [2.24, 2.45) is 0 Å². The van der Waals surface area contributed by atoms with Crippen LogP contribution in [0.2, 0.25) is 0 Å². The SMILES string of the molecule is CO[C@@H]1CN(CCCC(=O)N2CCCC2)CC[C@@H]1NC(=O)c1cccc(C(F)(F)F)c1. The number of nitrogens with one attached hydrogen (secondary N) is 1. The first kappa shape index (κ1) is 23.5. The van der Waals surface area contributed by atoms with E-state index >= 15 is 0 Å². The summed E-state index contributed by atoms with van der Waals surface area (Å²) in [5.41, 5.74) is -0.866. The smallest absolute Gasteiger partial charge is 0.378 e. The molecule has 1 aromatic carbocycles. The van der Waals surface area contributed by atoms with Crippen LogP contribution in [0.1, 0.15) is 48.0 Å². The van der Waals surface area contributed by atoms with Crippen LogP contribution in [0, 0.1) is 0 Å². The van der Waals surface area contributed by atoms with E-state index < -0.39 is 17.6 Å². The van der Waals surface area contributed by atoms with E-state index in [-0.39, 0.29) is 23.6 Å². The van der Waals surface area contributed by atoms with Crippen molar-refractivity contribution in [1.29, 1.82) is 0 Å². The van der Waals surface area contributed by atoms with E-state index in [0.717, 1.165) is 57.6 Å². The predicted molar refractivity (Wildman–Crippen MR) is 110 cm³/mol. The molecular weight excluding hydrogens is 411 g/mol. The van der Waals surface area contributed by atoms with Crippen molar-refractivity contribution in [1.82, 2.24) is 15.1 Å². The van der Waals surface area contributed by atoms with Gasteiger partial charge in [0.2, 0.25) is 5.91 Å². The number of carbonyl (C=O) groups is 2. The van der Waals surface area contributed by atoms with Gasteiger partial charge in [-0.05, 0) is 50.4 Å². The van der Waals surface area contributed by atoms with Gasteiger partial charge in [0.25, 0.3) is 5.91 Å². The number of rotatable bonds is 7. The summed E-state index contributed by atoms with van der Waals surface area (Å²) in [6.45, 7) is 3.82. The maximum absolute atomic E-state index is 12.9. The van der Waals surface area contributed by atoms with E-state index in [2.05, 4.69) is 10.2 Å². The highest BCUT2D eigenvalue weighted by Gasteiger charge is 2.33. The number of amides is 2. The van der Waals surface area contributed by atoms with Gasteiger partial charge in [0, 0.05) is 45.3 Å². The average Bonchev–Trinajstić information content (AvgIpc) is 3.29. The summed E-state index contributed by atoms with van der Waals surface area (Å²) in [7, 11) is 1.56. The van der Waals surface area contributed by atoms with Crippen LogP contribution < -0.4 is 5.32 Å². The zero-order valence-electron chi connectivity index (χ0n) is 17.8. The monoisotopic (exact) mass is 441 g/mol. The Hall–Kier alpha value is -2.13. The lowest BCUT2D eigenvalue weighted by molar-refractivity contribution is -0.137. The molecule has 2 aliphatic rings. The molecule has 0 aromatic heterocycles. The van der Waals surface area contributed by atoms with Gasteiger partial charge in [0.15, 0.2) is 0 Å². The van der Waals surface area contributed by atoms with Gasteiger partial charge in [-0.15, -0.1) is 0 Å². The number of likely N-dealkylation sites (tertiary alicyclic amines) is 2. The first-order valence-corrected chi connectivity index (χ1v) is 10.8. The quantitative estimate of drug-likeness (QED) is 0.707. The lowest BCUT2D eigenvalue weighted by Crippen LogP contribution is -2.55. The second kappa shape index (κ2) is 10.5. The van der Waals surface area contributed by atoms with Crippen molar-refractivity contribution in [2.75, 3.05) is 39.8 Å². The summed E-state index contributed by atoms with van der Waals surface area (Å²) in [6, 6.07) is 4.14. The fraction of sp³-hybridized carbons (Fsp3) is 0.636. The number of nitrogens with zero attached hydrogens (tertiary/aromatic N) is 2. The van der Waals surface area contributed by atoms with Gasteiger partial charge < -0.3 is 19.9 Å². The third-order valence-electron chi connectivity index (χ3n) is 6.04. The molecule has 9 heteroatoms. The Morgan fingerprint density at radius 3 is 2.61 bits per heavy atom. The fourth-order valence-electron chi connectivity index (χ4n) is 4.25. The second-order valence-electron chi connectivity index (χ2n) is 8.21. The number of carbonyl (C=O) groups excluding carboxylic acids is 2. The Morgan fingerprint density at radius 2 is 1.94 bits per heavy atom. The molecular formula is C22H30F3N3O3. The third-order valence-corrected chi connectivity index (χ3v) is 6.04. The highest BCUT2D eigenvalue weighted by molar-refractivity contribution is 5.94. The van der Waals surface area contributed by atoms with Gasteiger partial charge in [-0.3, -0.25) is 9.59 Å². The van der Waals surface area contributed by atoms with E-state index in [1.807, 2.05) is 4.90 Å². The van der Waals surface area contributed by atoms with Crippen LogP contribution in [0.15, 0.2) is 24.3 Å². The van der Waals surface area contributed by atoms with Crippen LogP contribution in [0.3, 0.4) is 0 Å². The molecule has 31 heavy (non-hydrogen) atoms. The number of methoxy groups -OCH3 is 1. The molecule has 6 nitrogen and oxygen atoms in total. The molecule has 2 atom stereocenters. The lowest BCUT2D eigenvalue weighted by atomic mass is 10.00. The van der Waals surface area contributed by atoms with Gasteiger partial charge >= 0.3 is 6.18 Å². The summed E-state index contributed by atoms with van der Waals surface area (Å²) in [4.78, 5) is 28.8. The highest BCUT2D eigenvalue weighted by Crippen LogP contribution is 2.29. The molecule has 0 aliphatic carbocycles. The Labute approximate surface area is 180 Å². The molecule has 3 rings (SSSR count). The first-order chi connectivity index (χ1) is 14.8. The normalized spacial score (nSPS) is 22.5. The van der Waals surface area contributed by atoms with Gasteiger partial charge in [0.05, 0.1) is 17.7 Å². The molecule has 0 unspecified atom stereocenters. The Balaban J connectivity index is 1.48. The fourth-order valence-corrected chi connectivity index (χ4v) is 4.25. The van der Waals surface area contributed by atoms with E-state index in [1.165, 1.54) is 12.1 Å². The zero-order chi connectivity index (χ0) is 22.4. The lowest BCUT2D eigenvalue weighted by Gasteiger charge is -2.38. The van der Waals surface area contributed by atoms with Crippen molar-refractivity contribution in [3.05, 3.63) is 35.4 Å². The summed E-state index contributed by atoms with van der Waals surface area (Å²) in [6.07, 6.45) is -0.660. The van der Waals surface area contributed by atoms with Crippen LogP contribution >= 0.6 is 0 Å². The standard InChI is InChI=1S/C22H30F3N3O3/c1-31-19-15-27(10-5-8-20(29)28-11-2-3-12-28)13-9-18(19)26-21(30)16-6-4-7-17(14-16)22(23,24)25/h4,6-7,14,18-19H,2-3,5,8-13,15H2,1H3,(H,26,30)/t18-,19+/m0/s1. The molecule has 2 saturated heterocycles. The maximum atomic E-state index is 12.9. The molecule has 0 radical (unpaired) electrons. The Morgan fingerprint density at radius 1 is 1.19 bits per heavy atom. The summed E-state index contributed by atoms with van der Waals surface area (Å²) < 4.78 is 44.3. The minimum absolute atomic E-state index is 0.0208. The van der Waals surface area contributed by atoms with Crippen LogP contribution in [0.5, 0.6) is 0 Å². The minimum atomic E-state index is -4.49. The second-order valence-corrected chi connectivity index (χ2v) is 8.21. The van der Waals surface area contributed by atoms with E-state index in [4.69, 9.17) is 4.74 Å². The van der Waals surface area contributed by atoms with Gasteiger partial charge in [-0.25, -0.2) is 0 Å². The van der Waals surface area contributed by atoms with Crippen molar-refractivity contribution < 1.29 is 27.5 Å². The largest absolute Gasteiger partial charge is 0.416 e. The molecule has 0 bridgehead atoms. The van der Waals surface area contributed by atoms with Crippen molar-refractivity contribution in [2.45, 2.75) is 50.4 Å². The number of benzene rings is 1. The maximum Gasteiger partial charge on any atom is 0.416 e. The molecule has 0 saturated carbocycles. The third kappa shape index (κ3) is 6.43. The predicted octanol–water partition coefficient (Wildman–Crippen LogP) is 2.93. The molecule has 2 fully saturated rings. The molecule has 2 amide bonds. The number of hydrogen-bond acceptors (Lipinski definition) is 4. The molecule has 1 aromatic rings. The van der Waals surface area contributed by atoms with Crippen molar-refractivity contribution in [3.8, 4) is 0 Å². The minimum Gasteiger partial charge on any atom is -0.378 e. The Bertz CT molecular complexity index is 766.